The van der Waals surface area contributed by atoms with Gasteiger partial charge in [-0.15, -0.1) is 5.10 Å². The molecule has 0 spiro atoms. The molecule has 0 aliphatic carbocycles. The van der Waals surface area contributed by atoms with Gasteiger partial charge in [-0.05, 0) is 29.5 Å². The molecule has 1 unspecified atom stereocenters. The van der Waals surface area contributed by atoms with Gasteiger partial charge in [0, 0.05) is 18.0 Å². The second-order valence-electron chi connectivity index (χ2n) is 5.56. The zero-order valence-electron chi connectivity index (χ0n) is 12.0. The van der Waals surface area contributed by atoms with Crippen LogP contribution >= 0.6 is 0 Å². The Kier molecular flexibility index (Phi) is 2.29. The largest absolute Gasteiger partial charge is 0.379 e. The normalized spacial score (nSPS) is 18.9. The lowest BCUT2D eigenvalue weighted by Gasteiger charge is -2.14. The van der Waals surface area contributed by atoms with Gasteiger partial charge in [0.05, 0.1) is 24.8 Å². The SMILES string of the molecule is CC1COCCc2nc3c(c4cccnc4n4nnnc34)n21. The van der Waals surface area contributed by atoms with Crippen LogP contribution < -0.4 is 0 Å². The van der Waals surface area contributed by atoms with Crippen molar-refractivity contribution < 1.29 is 4.74 Å². The summed E-state index contributed by atoms with van der Waals surface area (Å²) in [4.78, 5) is 9.26. The van der Waals surface area contributed by atoms with Gasteiger partial charge in [0.2, 0.25) is 5.65 Å². The third-order valence-electron chi connectivity index (χ3n) is 4.18. The molecule has 0 fully saturated rings. The van der Waals surface area contributed by atoms with Crippen molar-refractivity contribution in [3.05, 3.63) is 24.2 Å². The van der Waals surface area contributed by atoms with Gasteiger partial charge in [0.1, 0.15) is 11.3 Å². The second kappa shape index (κ2) is 4.20. The van der Waals surface area contributed by atoms with Crippen LogP contribution in [-0.2, 0) is 11.2 Å². The Labute approximate surface area is 124 Å². The fourth-order valence-electron chi connectivity index (χ4n) is 3.26. The quantitative estimate of drug-likeness (QED) is 0.484. The van der Waals surface area contributed by atoms with Crippen molar-refractivity contribution in [2.24, 2.45) is 0 Å². The van der Waals surface area contributed by atoms with Crippen LogP contribution in [-0.4, -0.2) is 47.8 Å². The molecule has 22 heavy (non-hydrogen) atoms. The van der Waals surface area contributed by atoms with Crippen LogP contribution in [0.15, 0.2) is 18.3 Å². The molecule has 0 aromatic carbocycles. The van der Waals surface area contributed by atoms with E-state index in [1.54, 1.807) is 10.7 Å². The van der Waals surface area contributed by atoms with Gasteiger partial charge in [0.15, 0.2) is 5.65 Å². The van der Waals surface area contributed by atoms with Gasteiger partial charge in [-0.25, -0.2) is 9.97 Å². The third-order valence-corrected chi connectivity index (χ3v) is 4.18. The molecule has 0 N–H and O–H groups in total. The first kappa shape index (κ1) is 12.0. The van der Waals surface area contributed by atoms with Gasteiger partial charge in [-0.3, -0.25) is 0 Å². The van der Waals surface area contributed by atoms with Crippen LogP contribution in [0.3, 0.4) is 0 Å². The molecular weight excluding hydrogens is 282 g/mol. The van der Waals surface area contributed by atoms with Crippen molar-refractivity contribution in [3.63, 3.8) is 0 Å². The van der Waals surface area contributed by atoms with E-state index in [1.165, 1.54) is 0 Å². The highest BCUT2D eigenvalue weighted by Gasteiger charge is 2.24. The molecule has 5 heterocycles. The van der Waals surface area contributed by atoms with Crippen molar-refractivity contribution in [2.75, 3.05) is 13.2 Å². The van der Waals surface area contributed by atoms with E-state index in [9.17, 15) is 0 Å². The second-order valence-corrected chi connectivity index (χ2v) is 5.56. The first-order valence-corrected chi connectivity index (χ1v) is 7.28. The molecule has 0 bridgehead atoms. The van der Waals surface area contributed by atoms with Gasteiger partial charge in [-0.2, -0.15) is 4.52 Å². The molecule has 0 saturated heterocycles. The minimum absolute atomic E-state index is 0.212. The third kappa shape index (κ3) is 1.42. The molecule has 1 aliphatic heterocycles. The predicted octanol–water partition coefficient (Wildman–Crippen LogP) is 1.16. The Morgan fingerprint density at radius 2 is 2.27 bits per heavy atom. The molecule has 8 nitrogen and oxygen atoms in total. The van der Waals surface area contributed by atoms with Crippen molar-refractivity contribution in [3.8, 4) is 0 Å². The van der Waals surface area contributed by atoms with Crippen LogP contribution in [0.4, 0.5) is 0 Å². The average molecular weight is 295 g/mol. The predicted molar refractivity (Wildman–Crippen MR) is 78.6 cm³/mol. The molecule has 0 saturated carbocycles. The summed E-state index contributed by atoms with van der Waals surface area (Å²) >= 11 is 0. The standard InChI is InChI=1S/C14H13N7O/c1-8-7-22-6-4-10-16-11-12(20(8)10)9-3-2-5-15-13(9)21-14(11)17-18-19-21/h2-3,5,8H,4,6-7H2,1H3. The number of ether oxygens (including phenoxy) is 1. The maximum absolute atomic E-state index is 5.66. The van der Waals surface area contributed by atoms with E-state index in [1.807, 2.05) is 12.1 Å². The zero-order chi connectivity index (χ0) is 14.7. The first-order chi connectivity index (χ1) is 10.8. The van der Waals surface area contributed by atoms with Crippen LogP contribution in [0.2, 0.25) is 0 Å². The van der Waals surface area contributed by atoms with E-state index in [-0.39, 0.29) is 6.04 Å². The topological polar surface area (TPSA) is 83.0 Å². The molecule has 1 aliphatic rings. The van der Waals surface area contributed by atoms with E-state index in [2.05, 4.69) is 32.0 Å². The van der Waals surface area contributed by atoms with Crippen LogP contribution in [0.1, 0.15) is 18.8 Å². The molecule has 0 amide bonds. The highest BCUT2D eigenvalue weighted by molar-refractivity contribution is 6.07. The molecule has 8 heteroatoms. The molecule has 5 rings (SSSR count). The lowest BCUT2D eigenvalue weighted by Crippen LogP contribution is -2.11. The Balaban J connectivity index is 2.06. The Morgan fingerprint density at radius 1 is 1.32 bits per heavy atom. The number of tetrazole rings is 1. The number of rotatable bonds is 0. The Bertz CT molecular complexity index is 1020. The summed E-state index contributed by atoms with van der Waals surface area (Å²) in [6.45, 7) is 3.51. The van der Waals surface area contributed by atoms with Crippen LogP contribution in [0, 0.1) is 0 Å². The number of hydrogen-bond acceptors (Lipinski definition) is 6. The summed E-state index contributed by atoms with van der Waals surface area (Å²) in [7, 11) is 0. The van der Waals surface area contributed by atoms with Crippen molar-refractivity contribution in [2.45, 2.75) is 19.4 Å². The molecule has 4 aromatic heterocycles. The van der Waals surface area contributed by atoms with Gasteiger partial charge in [-0.1, -0.05) is 0 Å². The summed E-state index contributed by atoms with van der Waals surface area (Å²) in [5.74, 6) is 1.02. The number of pyridine rings is 2. The lowest BCUT2D eigenvalue weighted by atomic mass is 10.2. The molecule has 0 radical (unpaired) electrons. The van der Waals surface area contributed by atoms with Gasteiger partial charge >= 0.3 is 0 Å². The summed E-state index contributed by atoms with van der Waals surface area (Å²) in [6, 6.07) is 4.18. The average Bonchev–Trinajstić information content (AvgIpc) is 3.12. The molecule has 4 aromatic rings. The maximum atomic E-state index is 5.66. The van der Waals surface area contributed by atoms with E-state index >= 15 is 0 Å². The summed E-state index contributed by atoms with van der Waals surface area (Å²) < 4.78 is 9.57. The number of aromatic nitrogens is 7. The van der Waals surface area contributed by atoms with E-state index < -0.39 is 0 Å². The van der Waals surface area contributed by atoms with Gasteiger partial charge < -0.3 is 9.30 Å². The Morgan fingerprint density at radius 3 is 3.23 bits per heavy atom. The fourth-order valence-corrected chi connectivity index (χ4v) is 3.26. The summed E-state index contributed by atoms with van der Waals surface area (Å²) in [6.07, 6.45) is 2.54. The molecule has 110 valence electrons. The van der Waals surface area contributed by atoms with Crippen molar-refractivity contribution in [1.82, 2.24) is 34.6 Å². The van der Waals surface area contributed by atoms with Crippen molar-refractivity contribution >= 4 is 27.7 Å². The fraction of sp³-hybridized carbons (Fsp3) is 0.357. The number of hydrogen-bond donors (Lipinski definition) is 0. The Hall–Kier alpha value is -2.61. The van der Waals surface area contributed by atoms with E-state index in [0.717, 1.165) is 34.3 Å². The van der Waals surface area contributed by atoms with Gasteiger partial charge in [0.25, 0.3) is 0 Å². The monoisotopic (exact) mass is 295 g/mol. The summed E-state index contributed by atoms with van der Waals surface area (Å²) in [5, 5.41) is 13.0. The first-order valence-electron chi connectivity index (χ1n) is 7.28. The maximum Gasteiger partial charge on any atom is 0.209 e. The van der Waals surface area contributed by atoms with Crippen molar-refractivity contribution in [1.29, 1.82) is 0 Å². The minimum Gasteiger partial charge on any atom is -0.379 e. The zero-order valence-corrected chi connectivity index (χ0v) is 12.0. The highest BCUT2D eigenvalue weighted by atomic mass is 16.5. The van der Waals surface area contributed by atoms with Crippen LogP contribution in [0.5, 0.6) is 0 Å². The molecular formula is C14H13N7O. The highest BCUT2D eigenvalue weighted by Crippen LogP contribution is 2.31. The number of imidazole rings is 1. The van der Waals surface area contributed by atoms with Crippen LogP contribution in [0.25, 0.3) is 27.7 Å². The minimum atomic E-state index is 0.212. The number of nitrogens with zero attached hydrogens (tertiary/aromatic N) is 7. The number of fused-ring (bicyclic) bond motifs is 8. The summed E-state index contributed by atoms with van der Waals surface area (Å²) in [5.41, 5.74) is 3.26. The molecule has 1 atom stereocenters. The lowest BCUT2D eigenvalue weighted by molar-refractivity contribution is 0.124. The van der Waals surface area contributed by atoms with E-state index in [4.69, 9.17) is 9.72 Å². The smallest absolute Gasteiger partial charge is 0.209 e. The van der Waals surface area contributed by atoms with E-state index in [0.29, 0.717) is 18.9 Å².